The van der Waals surface area contributed by atoms with Gasteiger partial charge in [0.05, 0.1) is 13.2 Å². The van der Waals surface area contributed by atoms with Gasteiger partial charge in [-0.2, -0.15) is 5.26 Å². The number of hydrogen-bond acceptors (Lipinski definition) is 5. The zero-order valence-corrected chi connectivity index (χ0v) is 14.6. The molecule has 134 valence electrons. The number of nitriles is 1. The van der Waals surface area contributed by atoms with Crippen molar-refractivity contribution >= 4 is 28.4 Å². The maximum absolute atomic E-state index is 11.2. The lowest BCUT2D eigenvalue weighted by molar-refractivity contribution is -0.114. The fourth-order valence-electron chi connectivity index (χ4n) is 2.97. The maximum atomic E-state index is 11.2. The molecule has 3 N–H and O–H groups in total. The van der Waals surface area contributed by atoms with E-state index in [0.717, 1.165) is 61.4 Å². The fourth-order valence-corrected chi connectivity index (χ4v) is 2.97. The van der Waals surface area contributed by atoms with Crippen LogP contribution in [0.25, 0.3) is 16.8 Å². The summed E-state index contributed by atoms with van der Waals surface area (Å²) in [7, 11) is 0. The topological polar surface area (TPSA) is 91.4 Å². The number of nitrogens with zero attached hydrogens (tertiary/aromatic N) is 2. The van der Waals surface area contributed by atoms with Crippen molar-refractivity contribution in [2.45, 2.75) is 0 Å². The Balaban J connectivity index is 1.66. The highest BCUT2D eigenvalue weighted by Gasteiger charge is 2.09. The van der Waals surface area contributed by atoms with Gasteiger partial charge in [0.2, 0.25) is 0 Å². The number of hydrogen-bond donors (Lipinski definition) is 2. The molecule has 1 fully saturated rings. The second kappa shape index (κ2) is 8.48. The number of amides is 1. The minimum Gasteiger partial charge on any atom is -0.384 e. The summed E-state index contributed by atoms with van der Waals surface area (Å²) in [6, 6.07) is 13.8. The fraction of sp³-hybridized carbons (Fsp3) is 0.300. The predicted octanol–water partition coefficient (Wildman–Crippen LogP) is 1.98. The van der Waals surface area contributed by atoms with E-state index in [4.69, 9.17) is 15.7 Å². The van der Waals surface area contributed by atoms with E-state index in [0.29, 0.717) is 0 Å². The Labute approximate surface area is 152 Å². The van der Waals surface area contributed by atoms with Crippen molar-refractivity contribution in [3.05, 3.63) is 47.5 Å². The summed E-state index contributed by atoms with van der Waals surface area (Å²) >= 11 is 0. The average Bonchev–Trinajstić information content (AvgIpc) is 2.66. The molecule has 0 aliphatic carbocycles. The molecular formula is C20H22N4O2. The zero-order valence-electron chi connectivity index (χ0n) is 14.6. The van der Waals surface area contributed by atoms with E-state index in [1.54, 1.807) is 0 Å². The molecule has 1 saturated heterocycles. The molecule has 1 aliphatic rings. The lowest BCUT2D eigenvalue weighted by atomic mass is 10.0. The highest BCUT2D eigenvalue weighted by Crippen LogP contribution is 2.21. The van der Waals surface area contributed by atoms with Crippen LogP contribution in [0.5, 0.6) is 0 Å². The number of primary amides is 1. The Morgan fingerprint density at radius 3 is 2.69 bits per heavy atom. The summed E-state index contributed by atoms with van der Waals surface area (Å²) in [4.78, 5) is 13.6. The number of nitrogens with one attached hydrogen (secondary N) is 1. The van der Waals surface area contributed by atoms with E-state index in [-0.39, 0.29) is 5.57 Å². The first-order chi connectivity index (χ1) is 12.7. The summed E-state index contributed by atoms with van der Waals surface area (Å²) in [5, 5.41) is 14.5. The van der Waals surface area contributed by atoms with Gasteiger partial charge in [-0.15, -0.1) is 0 Å². The molecule has 0 spiro atoms. The van der Waals surface area contributed by atoms with Crippen molar-refractivity contribution in [3.8, 4) is 6.07 Å². The number of rotatable bonds is 6. The lowest BCUT2D eigenvalue weighted by Gasteiger charge is -2.26. The molecule has 0 radical (unpaired) electrons. The van der Waals surface area contributed by atoms with E-state index in [1.165, 1.54) is 6.08 Å². The van der Waals surface area contributed by atoms with Gasteiger partial charge in [-0.25, -0.2) is 0 Å². The molecule has 2 aromatic carbocycles. The Morgan fingerprint density at radius 2 is 1.96 bits per heavy atom. The maximum Gasteiger partial charge on any atom is 0.259 e. The Bertz CT molecular complexity index is 864. The van der Waals surface area contributed by atoms with Crippen LogP contribution in [0, 0.1) is 11.3 Å². The summed E-state index contributed by atoms with van der Waals surface area (Å²) in [6.07, 6.45) is 1.51. The SMILES string of the molecule is N#C/C(=C\c1ccc2cc(NCCN3CCOCC3)ccc2c1)C(N)=O. The molecule has 0 saturated carbocycles. The summed E-state index contributed by atoms with van der Waals surface area (Å²) in [6.45, 7) is 5.50. The predicted molar refractivity (Wildman–Crippen MR) is 102 cm³/mol. The first kappa shape index (κ1) is 17.9. The number of anilines is 1. The number of carbonyl (C=O) groups is 1. The summed E-state index contributed by atoms with van der Waals surface area (Å²) in [5.74, 6) is -0.715. The van der Waals surface area contributed by atoms with Crippen molar-refractivity contribution in [3.63, 3.8) is 0 Å². The van der Waals surface area contributed by atoms with Gasteiger partial charge in [0.15, 0.2) is 0 Å². The molecule has 6 heteroatoms. The highest BCUT2D eigenvalue weighted by molar-refractivity contribution is 6.01. The van der Waals surface area contributed by atoms with Crippen LogP contribution in [0.4, 0.5) is 5.69 Å². The van der Waals surface area contributed by atoms with Crippen LogP contribution in [0.2, 0.25) is 0 Å². The van der Waals surface area contributed by atoms with Gasteiger partial charge in [-0.05, 0) is 40.6 Å². The van der Waals surface area contributed by atoms with Crippen molar-refractivity contribution in [2.75, 3.05) is 44.7 Å². The minimum atomic E-state index is -0.715. The second-order valence-electron chi connectivity index (χ2n) is 6.24. The number of nitrogens with two attached hydrogens (primary N) is 1. The highest BCUT2D eigenvalue weighted by atomic mass is 16.5. The van der Waals surface area contributed by atoms with Crippen LogP contribution < -0.4 is 11.1 Å². The summed E-state index contributed by atoms with van der Waals surface area (Å²) in [5.41, 5.74) is 6.98. The lowest BCUT2D eigenvalue weighted by Crippen LogP contribution is -2.38. The zero-order chi connectivity index (χ0) is 18.4. The van der Waals surface area contributed by atoms with Crippen LogP contribution in [0.3, 0.4) is 0 Å². The molecule has 1 aliphatic heterocycles. The van der Waals surface area contributed by atoms with Gasteiger partial charge < -0.3 is 15.8 Å². The summed E-state index contributed by atoms with van der Waals surface area (Å²) < 4.78 is 5.36. The third kappa shape index (κ3) is 4.60. The van der Waals surface area contributed by atoms with Gasteiger partial charge in [0, 0.05) is 31.9 Å². The van der Waals surface area contributed by atoms with E-state index in [1.807, 2.05) is 36.4 Å². The normalized spacial score (nSPS) is 15.6. The molecule has 0 unspecified atom stereocenters. The van der Waals surface area contributed by atoms with Crippen molar-refractivity contribution in [1.82, 2.24) is 4.90 Å². The molecule has 6 nitrogen and oxygen atoms in total. The van der Waals surface area contributed by atoms with Crippen LogP contribution in [0.15, 0.2) is 42.0 Å². The second-order valence-corrected chi connectivity index (χ2v) is 6.24. The average molecular weight is 350 g/mol. The molecule has 0 aromatic heterocycles. The van der Waals surface area contributed by atoms with Crippen LogP contribution in [-0.2, 0) is 9.53 Å². The molecule has 1 heterocycles. The van der Waals surface area contributed by atoms with E-state index >= 15 is 0 Å². The van der Waals surface area contributed by atoms with Gasteiger partial charge in [-0.3, -0.25) is 9.69 Å². The van der Waals surface area contributed by atoms with Gasteiger partial charge in [0.1, 0.15) is 11.6 Å². The number of carbonyl (C=O) groups excluding carboxylic acids is 1. The van der Waals surface area contributed by atoms with Gasteiger partial charge in [0.25, 0.3) is 5.91 Å². The standard InChI is InChI=1S/C20H22N4O2/c21-14-18(20(22)25)12-15-1-2-17-13-19(4-3-16(17)11-15)23-5-6-24-7-9-26-10-8-24/h1-4,11-13,23H,5-10H2,(H2,22,25)/b18-12+. The third-order valence-electron chi connectivity index (χ3n) is 4.42. The Hall–Kier alpha value is -2.88. The molecule has 26 heavy (non-hydrogen) atoms. The molecule has 3 rings (SSSR count). The molecule has 2 aromatic rings. The van der Waals surface area contributed by atoms with E-state index in [9.17, 15) is 4.79 Å². The number of morpholine rings is 1. The van der Waals surface area contributed by atoms with Gasteiger partial charge in [-0.1, -0.05) is 18.2 Å². The minimum absolute atomic E-state index is 0.0502. The van der Waals surface area contributed by atoms with Gasteiger partial charge >= 0.3 is 0 Å². The first-order valence-electron chi connectivity index (χ1n) is 8.65. The van der Waals surface area contributed by atoms with E-state index in [2.05, 4.69) is 16.3 Å². The number of benzene rings is 2. The van der Waals surface area contributed by atoms with Crippen molar-refractivity contribution < 1.29 is 9.53 Å². The smallest absolute Gasteiger partial charge is 0.259 e. The molecule has 0 bridgehead atoms. The van der Waals surface area contributed by atoms with Crippen LogP contribution in [0.1, 0.15) is 5.56 Å². The Morgan fingerprint density at radius 1 is 1.23 bits per heavy atom. The molecule has 0 atom stereocenters. The Kier molecular flexibility index (Phi) is 5.84. The monoisotopic (exact) mass is 350 g/mol. The molecule has 1 amide bonds. The third-order valence-corrected chi connectivity index (χ3v) is 4.42. The van der Waals surface area contributed by atoms with E-state index < -0.39 is 5.91 Å². The van der Waals surface area contributed by atoms with Crippen LogP contribution in [-0.4, -0.2) is 50.2 Å². The van der Waals surface area contributed by atoms with Crippen molar-refractivity contribution in [1.29, 1.82) is 5.26 Å². The first-order valence-corrected chi connectivity index (χ1v) is 8.65. The quantitative estimate of drug-likeness (QED) is 0.614. The largest absolute Gasteiger partial charge is 0.384 e. The van der Waals surface area contributed by atoms with Crippen molar-refractivity contribution in [2.24, 2.45) is 5.73 Å². The number of fused-ring (bicyclic) bond motifs is 1. The van der Waals surface area contributed by atoms with Crippen LogP contribution >= 0.6 is 0 Å². The molecular weight excluding hydrogens is 328 g/mol. The number of ether oxygens (including phenoxy) is 1.